The van der Waals surface area contributed by atoms with Crippen molar-refractivity contribution in [2.24, 2.45) is 0 Å². The zero-order valence-electron chi connectivity index (χ0n) is 39.9. The lowest BCUT2D eigenvalue weighted by Gasteiger charge is -2.47. The van der Waals surface area contributed by atoms with Crippen molar-refractivity contribution in [1.82, 2.24) is 5.32 Å². The molecule has 3 aliphatic rings. The second-order valence-corrected chi connectivity index (χ2v) is 18.3. The molecule has 374 valence electrons. The maximum absolute atomic E-state index is 12.6. The van der Waals surface area contributed by atoms with Gasteiger partial charge >= 0.3 is 11.9 Å². The third-order valence-corrected chi connectivity index (χ3v) is 13.8. The van der Waals surface area contributed by atoms with Gasteiger partial charge < -0.3 is 71.6 Å². The Morgan fingerprint density at radius 1 is 0.783 bits per heavy atom. The average Bonchev–Trinajstić information content (AvgIpc) is 4.13. The lowest BCUT2D eigenvalue weighted by atomic mass is 9.95. The van der Waals surface area contributed by atoms with Crippen LogP contribution in [-0.4, -0.2) is 124 Å². The van der Waals surface area contributed by atoms with E-state index < -0.39 is 18.0 Å². The molecule has 7 N–H and O–H groups in total. The van der Waals surface area contributed by atoms with Crippen LogP contribution in [0.25, 0.3) is 10.8 Å². The van der Waals surface area contributed by atoms with Gasteiger partial charge in [0, 0.05) is 43.5 Å². The Morgan fingerprint density at radius 3 is 2.07 bits per heavy atom. The Morgan fingerprint density at radius 2 is 1.42 bits per heavy atom. The van der Waals surface area contributed by atoms with E-state index in [9.17, 15) is 35.1 Å². The molecule has 8 rings (SSSR count). The fourth-order valence-corrected chi connectivity index (χ4v) is 9.68. The first-order chi connectivity index (χ1) is 33.0. The van der Waals surface area contributed by atoms with Crippen LogP contribution in [0.2, 0.25) is 0 Å². The van der Waals surface area contributed by atoms with Crippen molar-refractivity contribution in [1.29, 1.82) is 0 Å². The number of piperidine rings is 1. The molecular formula is C55H71BrN2O11. The molecule has 0 amide bonds. The number of phenols is 2. The van der Waals surface area contributed by atoms with Gasteiger partial charge in [-0.3, -0.25) is 4.79 Å². The van der Waals surface area contributed by atoms with Crippen molar-refractivity contribution in [3.63, 3.8) is 0 Å². The molecule has 3 heterocycles. The Bertz CT molecular complexity index is 2320. The third kappa shape index (κ3) is 15.1. The van der Waals surface area contributed by atoms with Crippen LogP contribution < -0.4 is 22.3 Å². The molecule has 0 radical (unpaired) electrons. The zero-order valence-corrected chi connectivity index (χ0v) is 41.5. The van der Waals surface area contributed by atoms with E-state index in [-0.39, 0.29) is 59.3 Å². The number of hydrogen-bond donors (Lipinski definition) is 7. The van der Waals surface area contributed by atoms with Gasteiger partial charge in [-0.2, -0.15) is 0 Å². The molecule has 0 aliphatic carbocycles. The molecule has 0 saturated carbocycles. The van der Waals surface area contributed by atoms with Gasteiger partial charge in [0.05, 0.1) is 32.9 Å². The van der Waals surface area contributed by atoms with Gasteiger partial charge in [0.15, 0.2) is 0 Å². The lowest BCUT2D eigenvalue weighted by molar-refractivity contribution is -0.954. The number of aliphatic hydroxyl groups excluding tert-OH is 3. The number of hydrogen-bond acceptors (Lipinski definition) is 11. The molecule has 3 aliphatic heterocycles. The lowest BCUT2D eigenvalue weighted by Crippen LogP contribution is -3.00. The fraction of sp³-hybridized carbons (Fsp3) is 0.455. The van der Waals surface area contributed by atoms with Crippen LogP contribution in [0, 0.1) is 0 Å². The number of likely N-dealkylation sites (N-methyl/N-ethyl adjacent to an activating group) is 1. The molecule has 69 heavy (non-hydrogen) atoms. The minimum atomic E-state index is -1.12. The molecule has 0 aromatic heterocycles. The second kappa shape index (κ2) is 27.5. The number of benzene rings is 5. The van der Waals surface area contributed by atoms with Crippen LogP contribution in [0.3, 0.4) is 0 Å². The number of unbranched alkanes of at least 4 members (excludes halogenated alkanes) is 4. The SMILES string of the molecule is CC[N+]1(C)C2CC(OC(=O)[C@H](CO)c3ccccc3)CC1C1OC12.O=C(O)c1ccc2ccccc2c1O.OCc1cc(C(O)CNCCCCCCOCCCCc2ccccc2)ccc1O.[Br-]. The molecule has 13 nitrogen and oxygen atoms in total. The number of aliphatic hydroxyl groups is 3. The van der Waals surface area contributed by atoms with Crippen molar-refractivity contribution < 1.29 is 75.9 Å². The van der Waals surface area contributed by atoms with Gasteiger partial charge in [0.25, 0.3) is 0 Å². The number of aromatic carboxylic acids is 1. The van der Waals surface area contributed by atoms with Crippen LogP contribution in [0.15, 0.2) is 115 Å². The second-order valence-electron chi connectivity index (χ2n) is 18.3. The van der Waals surface area contributed by atoms with Crippen molar-refractivity contribution in [2.75, 3.05) is 46.5 Å². The summed E-state index contributed by atoms with van der Waals surface area (Å²) in [6.07, 6.45) is 9.61. The number of ether oxygens (including phenoxy) is 3. The summed E-state index contributed by atoms with van der Waals surface area (Å²) < 4.78 is 18.4. The van der Waals surface area contributed by atoms with E-state index in [0.717, 1.165) is 93.1 Å². The van der Waals surface area contributed by atoms with Gasteiger partial charge in [0.1, 0.15) is 53.4 Å². The first-order valence-corrected chi connectivity index (χ1v) is 24.2. The molecule has 2 bridgehead atoms. The number of aromatic hydroxyl groups is 2. The monoisotopic (exact) mass is 1010 g/mol. The van der Waals surface area contributed by atoms with Crippen LogP contribution in [-0.2, 0) is 32.0 Å². The highest BCUT2D eigenvalue weighted by Crippen LogP contribution is 2.52. The summed E-state index contributed by atoms with van der Waals surface area (Å²) in [5, 5.41) is 61.7. The van der Waals surface area contributed by atoms with E-state index in [1.807, 2.05) is 42.5 Å². The first kappa shape index (κ1) is 55.0. The number of fused-ring (bicyclic) bond motifs is 6. The standard InChI is InChI=1S/C25H37NO4.C19H26NO4.C11H8O3.BrH/c27-20-23-18-22(13-14-24(23)28)25(29)19-26-15-7-1-2-8-16-30-17-9-6-12-21-10-4-3-5-11-21;1-3-20(2)15-9-13(10-16(20)18-17(15)24-18)23-19(22)14(11-21)12-7-5-4-6-8-12;12-10-8-4-2-1-3-7(8)5-6-9(10)11(13)14;/h3-5,10-11,13-14,18,25-29H,1-2,6-9,12,15-17,19-20H2;4-8,13-18,21H,3,9-11H2,1-2H3;1-6,12H,(H,13,14);1H/q;+1;;/p-1/t;13?,14-,15?,16?,17?,18?,20?;;/m.1../s1. The van der Waals surface area contributed by atoms with Crippen LogP contribution in [0.1, 0.15) is 103 Å². The minimum Gasteiger partial charge on any atom is -1.00 e. The maximum Gasteiger partial charge on any atom is 0.339 e. The number of carboxylic acids is 1. The number of halogens is 1. The van der Waals surface area contributed by atoms with E-state index in [1.54, 1.807) is 30.3 Å². The normalized spacial score (nSPS) is 21.6. The molecule has 3 saturated heterocycles. The number of morpholine rings is 1. The minimum absolute atomic E-state index is 0. The highest BCUT2D eigenvalue weighted by atomic mass is 79.9. The Hall–Kier alpha value is -4.90. The number of esters is 1. The molecule has 3 fully saturated rings. The smallest absolute Gasteiger partial charge is 0.339 e. The molecular weight excluding hydrogens is 945 g/mol. The van der Waals surface area contributed by atoms with E-state index >= 15 is 0 Å². The van der Waals surface area contributed by atoms with Gasteiger partial charge in [0.2, 0.25) is 0 Å². The van der Waals surface area contributed by atoms with Crippen LogP contribution in [0.5, 0.6) is 11.5 Å². The predicted octanol–water partition coefficient (Wildman–Crippen LogP) is 4.81. The largest absolute Gasteiger partial charge is 1.00 e. The Labute approximate surface area is 417 Å². The van der Waals surface area contributed by atoms with E-state index in [0.29, 0.717) is 47.3 Å². The Balaban J connectivity index is 0.000000203. The molecule has 14 heteroatoms. The van der Waals surface area contributed by atoms with Gasteiger partial charge in [-0.1, -0.05) is 110 Å². The summed E-state index contributed by atoms with van der Waals surface area (Å²) in [6, 6.07) is 35.8. The van der Waals surface area contributed by atoms with E-state index in [1.165, 1.54) is 24.1 Å². The predicted molar refractivity (Wildman–Crippen MR) is 261 cm³/mol. The van der Waals surface area contributed by atoms with Gasteiger partial charge in [-0.05, 0) is 85.8 Å². The van der Waals surface area contributed by atoms with Crippen molar-refractivity contribution >= 4 is 22.7 Å². The highest BCUT2D eigenvalue weighted by molar-refractivity contribution is 6.00. The van der Waals surface area contributed by atoms with Gasteiger partial charge in [-0.25, -0.2) is 4.79 Å². The number of epoxide rings is 1. The van der Waals surface area contributed by atoms with Crippen LogP contribution in [0.4, 0.5) is 0 Å². The highest BCUT2D eigenvalue weighted by Gasteiger charge is 2.71. The number of carboxylic acid groups (broad SMARTS) is 1. The summed E-state index contributed by atoms with van der Waals surface area (Å²) in [4.78, 5) is 23.3. The summed E-state index contributed by atoms with van der Waals surface area (Å²) in [6.45, 7) is 5.87. The number of aryl methyl sites for hydroxylation is 1. The molecule has 5 aromatic rings. The summed E-state index contributed by atoms with van der Waals surface area (Å²) >= 11 is 0. The quantitative estimate of drug-likeness (QED) is 0.0217. The molecule has 0 spiro atoms. The molecule has 5 unspecified atom stereocenters. The molecule has 6 atom stereocenters. The summed E-state index contributed by atoms with van der Waals surface area (Å²) in [5.74, 6) is -2.14. The van der Waals surface area contributed by atoms with Crippen LogP contribution >= 0.6 is 0 Å². The number of carbonyl (C=O) groups excluding carboxylic acids is 1. The number of nitrogens with one attached hydrogen (secondary N) is 1. The number of nitrogens with zero attached hydrogens (tertiary/aromatic N) is 1. The topological polar surface area (TPSA) is 199 Å². The molecule has 5 aromatic carbocycles. The summed E-state index contributed by atoms with van der Waals surface area (Å²) in [7, 11) is 2.31. The maximum atomic E-state index is 12.6. The first-order valence-electron chi connectivity index (χ1n) is 24.2. The number of carbonyl (C=O) groups is 2. The number of quaternary nitrogens is 1. The third-order valence-electron chi connectivity index (χ3n) is 13.8. The van der Waals surface area contributed by atoms with Crippen molar-refractivity contribution in [3.8, 4) is 11.5 Å². The zero-order chi connectivity index (χ0) is 48.5. The Kier molecular flexibility index (Phi) is 21.9. The van der Waals surface area contributed by atoms with Gasteiger partial charge in [-0.15, -0.1) is 0 Å². The van der Waals surface area contributed by atoms with E-state index in [2.05, 4.69) is 49.6 Å². The summed E-state index contributed by atoms with van der Waals surface area (Å²) in [5.41, 5.74) is 3.28. The van der Waals surface area contributed by atoms with E-state index in [4.69, 9.17) is 19.3 Å². The fourth-order valence-electron chi connectivity index (χ4n) is 9.68. The van der Waals surface area contributed by atoms with Crippen molar-refractivity contribution in [3.05, 3.63) is 143 Å². The number of rotatable bonds is 22. The average molecular weight is 1020 g/mol. The van der Waals surface area contributed by atoms with Crippen molar-refractivity contribution in [2.45, 2.75) is 114 Å².